The first-order valence-electron chi connectivity index (χ1n) is 10.4. The summed E-state index contributed by atoms with van der Waals surface area (Å²) in [4.78, 5) is 22.7. The summed E-state index contributed by atoms with van der Waals surface area (Å²) in [5.74, 6) is -3.37. The standard InChI is InChI=1S/C20H25FN4O3S.C2H2O4/c1-28-18-6-8-19(9-7-18)29(26,27)23-20(22)10-11-24-12-14-25(15-13-24)17-4-2-16(21)3-5-17;3-1(4)2(5)6/h2-9H,10-15H2,1H3,(H2,22,23);(H,3,4)(H,5,6). The number of hydrogen-bond acceptors (Lipinski definition) is 8. The minimum absolute atomic E-state index is 0.0400. The predicted molar refractivity (Wildman–Crippen MR) is 126 cm³/mol. The van der Waals surface area contributed by atoms with Gasteiger partial charge in [-0.05, 0) is 48.5 Å². The number of hydrogen-bond donors (Lipinski definition) is 4. The largest absolute Gasteiger partial charge is 0.497 e. The fourth-order valence-electron chi connectivity index (χ4n) is 3.18. The quantitative estimate of drug-likeness (QED) is 0.246. The van der Waals surface area contributed by atoms with Crippen molar-refractivity contribution in [2.24, 2.45) is 0 Å². The predicted octanol–water partition coefficient (Wildman–Crippen LogP) is 1.46. The van der Waals surface area contributed by atoms with Crippen LogP contribution in [0.5, 0.6) is 5.75 Å². The lowest BCUT2D eigenvalue weighted by molar-refractivity contribution is -0.159. The molecule has 0 radical (unpaired) electrons. The van der Waals surface area contributed by atoms with Crippen LogP contribution < -0.4 is 14.4 Å². The molecule has 1 saturated heterocycles. The van der Waals surface area contributed by atoms with Gasteiger partial charge in [0.05, 0.1) is 12.0 Å². The molecule has 0 unspecified atom stereocenters. The lowest BCUT2D eigenvalue weighted by Gasteiger charge is -2.36. The van der Waals surface area contributed by atoms with E-state index >= 15 is 0 Å². The van der Waals surface area contributed by atoms with Crippen molar-refractivity contribution in [3.05, 3.63) is 54.3 Å². The van der Waals surface area contributed by atoms with Gasteiger partial charge >= 0.3 is 11.9 Å². The lowest BCUT2D eigenvalue weighted by Crippen LogP contribution is -2.47. The van der Waals surface area contributed by atoms with Gasteiger partial charge in [-0.1, -0.05) is 0 Å². The monoisotopic (exact) mass is 510 g/mol. The highest BCUT2D eigenvalue weighted by Gasteiger charge is 2.19. The molecule has 35 heavy (non-hydrogen) atoms. The molecular weight excluding hydrogens is 483 g/mol. The fourth-order valence-corrected chi connectivity index (χ4v) is 4.22. The number of benzene rings is 2. The zero-order chi connectivity index (χ0) is 26.0. The highest BCUT2D eigenvalue weighted by Crippen LogP contribution is 2.17. The Kier molecular flexibility index (Phi) is 9.97. The smallest absolute Gasteiger partial charge is 0.414 e. The number of anilines is 1. The van der Waals surface area contributed by atoms with Crippen LogP contribution in [-0.2, 0) is 19.6 Å². The Labute approximate surface area is 202 Å². The number of piperazine rings is 1. The van der Waals surface area contributed by atoms with Crippen LogP contribution in [0.1, 0.15) is 6.42 Å². The average molecular weight is 511 g/mol. The van der Waals surface area contributed by atoms with Crippen molar-refractivity contribution in [2.45, 2.75) is 11.3 Å². The molecule has 1 aliphatic rings. The van der Waals surface area contributed by atoms with Gasteiger partial charge in [-0.15, -0.1) is 0 Å². The van der Waals surface area contributed by atoms with E-state index in [1.807, 2.05) is 0 Å². The second-order valence-corrected chi connectivity index (χ2v) is 9.11. The van der Waals surface area contributed by atoms with Gasteiger partial charge in [0.1, 0.15) is 17.4 Å². The zero-order valence-electron chi connectivity index (χ0n) is 19.0. The minimum atomic E-state index is -3.77. The molecule has 13 heteroatoms. The Morgan fingerprint density at radius 2 is 1.54 bits per heavy atom. The van der Waals surface area contributed by atoms with Crippen molar-refractivity contribution in [3.8, 4) is 5.75 Å². The summed E-state index contributed by atoms with van der Waals surface area (Å²) in [5, 5.41) is 22.8. The molecule has 0 bridgehead atoms. The molecule has 0 amide bonds. The van der Waals surface area contributed by atoms with Gasteiger partial charge in [0.25, 0.3) is 10.0 Å². The highest BCUT2D eigenvalue weighted by atomic mass is 32.2. The molecule has 190 valence electrons. The number of halogens is 1. The molecule has 0 spiro atoms. The van der Waals surface area contributed by atoms with Crippen molar-refractivity contribution >= 4 is 33.5 Å². The number of carboxylic acid groups (broad SMARTS) is 2. The number of sulfonamides is 1. The maximum atomic E-state index is 13.1. The first kappa shape index (κ1) is 27.5. The van der Waals surface area contributed by atoms with Gasteiger partial charge in [-0.3, -0.25) is 15.0 Å². The maximum Gasteiger partial charge on any atom is 0.414 e. The average Bonchev–Trinajstić information content (AvgIpc) is 2.84. The molecule has 3 rings (SSSR count). The number of nitrogens with one attached hydrogen (secondary N) is 2. The topological polar surface area (TPSA) is 160 Å². The number of amidine groups is 1. The Morgan fingerprint density at radius 3 is 2.03 bits per heavy atom. The summed E-state index contributed by atoms with van der Waals surface area (Å²) in [6, 6.07) is 12.5. The summed E-state index contributed by atoms with van der Waals surface area (Å²) in [6.07, 6.45) is 0.311. The molecule has 1 aliphatic heterocycles. The normalized spacial score (nSPS) is 13.8. The van der Waals surface area contributed by atoms with Crippen LogP contribution >= 0.6 is 0 Å². The summed E-state index contributed by atoms with van der Waals surface area (Å²) in [5.41, 5.74) is 0.992. The van der Waals surface area contributed by atoms with E-state index in [9.17, 15) is 12.8 Å². The van der Waals surface area contributed by atoms with Crippen LogP contribution in [0.2, 0.25) is 0 Å². The first-order chi connectivity index (χ1) is 16.5. The number of rotatable bonds is 7. The molecule has 4 N–H and O–H groups in total. The molecule has 0 aliphatic carbocycles. The molecule has 11 nitrogen and oxygen atoms in total. The van der Waals surface area contributed by atoms with Gasteiger partial charge in [0.15, 0.2) is 0 Å². The van der Waals surface area contributed by atoms with Gasteiger partial charge in [0, 0.05) is 44.8 Å². The molecule has 0 atom stereocenters. The molecular formula is C22H27FN4O7S. The number of nitrogens with zero attached hydrogens (tertiary/aromatic N) is 2. The van der Waals surface area contributed by atoms with Gasteiger partial charge in [0.2, 0.25) is 0 Å². The third kappa shape index (κ3) is 8.87. The number of methoxy groups -OCH3 is 1. The van der Waals surface area contributed by atoms with E-state index in [4.69, 9.17) is 29.9 Å². The van der Waals surface area contributed by atoms with Crippen molar-refractivity contribution in [2.75, 3.05) is 44.7 Å². The van der Waals surface area contributed by atoms with Crippen molar-refractivity contribution < 1.29 is 37.3 Å². The summed E-state index contributed by atoms with van der Waals surface area (Å²) in [6.45, 7) is 3.81. The van der Waals surface area contributed by atoms with E-state index in [2.05, 4.69) is 14.5 Å². The number of carbonyl (C=O) groups is 2. The molecule has 2 aromatic rings. The van der Waals surface area contributed by atoms with Crippen molar-refractivity contribution in [1.82, 2.24) is 9.62 Å². The van der Waals surface area contributed by atoms with E-state index in [0.29, 0.717) is 18.7 Å². The maximum absolute atomic E-state index is 13.1. The molecule has 0 saturated carbocycles. The van der Waals surface area contributed by atoms with Gasteiger partial charge < -0.3 is 19.8 Å². The number of aliphatic carboxylic acids is 2. The number of carboxylic acids is 2. The van der Waals surface area contributed by atoms with Crippen molar-refractivity contribution in [3.63, 3.8) is 0 Å². The first-order valence-corrected chi connectivity index (χ1v) is 11.9. The Bertz CT molecular complexity index is 1110. The molecule has 1 heterocycles. The van der Waals surface area contributed by atoms with E-state index in [0.717, 1.165) is 31.9 Å². The highest BCUT2D eigenvalue weighted by molar-refractivity contribution is 7.90. The van der Waals surface area contributed by atoms with E-state index in [-0.39, 0.29) is 16.5 Å². The number of ether oxygens (including phenoxy) is 1. The molecule has 1 fully saturated rings. The van der Waals surface area contributed by atoms with Gasteiger partial charge in [-0.2, -0.15) is 0 Å². The SMILES string of the molecule is COc1ccc(S(=O)(=O)NC(=N)CCN2CCN(c3ccc(F)cc3)CC2)cc1.O=C(O)C(=O)O. The summed E-state index contributed by atoms with van der Waals surface area (Å²) < 4.78 is 45.2. The van der Waals surface area contributed by atoms with Crippen molar-refractivity contribution in [1.29, 1.82) is 5.41 Å². The second kappa shape index (κ2) is 12.7. The molecule has 2 aromatic carbocycles. The lowest BCUT2D eigenvalue weighted by atomic mass is 10.2. The van der Waals surface area contributed by atoms with E-state index in [1.165, 1.54) is 31.4 Å². The third-order valence-corrected chi connectivity index (χ3v) is 6.46. The van der Waals surface area contributed by atoms with Crippen LogP contribution in [0.15, 0.2) is 53.4 Å². The van der Waals surface area contributed by atoms with Crippen LogP contribution in [0, 0.1) is 11.2 Å². The zero-order valence-corrected chi connectivity index (χ0v) is 19.8. The Morgan fingerprint density at radius 1 is 1.00 bits per heavy atom. The summed E-state index contributed by atoms with van der Waals surface area (Å²) >= 11 is 0. The van der Waals surface area contributed by atoms with Crippen LogP contribution in [0.25, 0.3) is 0 Å². The van der Waals surface area contributed by atoms with Crippen LogP contribution in [0.4, 0.5) is 10.1 Å². The Hall–Kier alpha value is -3.71. The fraction of sp³-hybridized carbons (Fsp3) is 0.318. The minimum Gasteiger partial charge on any atom is -0.497 e. The second-order valence-electron chi connectivity index (χ2n) is 7.42. The third-order valence-electron chi connectivity index (χ3n) is 5.05. The summed E-state index contributed by atoms with van der Waals surface area (Å²) in [7, 11) is -2.26. The van der Waals surface area contributed by atoms with E-state index < -0.39 is 22.0 Å². The van der Waals surface area contributed by atoms with Crippen LogP contribution in [0.3, 0.4) is 0 Å². The van der Waals surface area contributed by atoms with Crippen LogP contribution in [-0.4, -0.2) is 81.1 Å². The van der Waals surface area contributed by atoms with E-state index in [1.54, 1.807) is 24.3 Å². The Balaban J connectivity index is 0.000000641. The van der Waals surface area contributed by atoms with Gasteiger partial charge in [-0.25, -0.2) is 22.4 Å². The molecule has 0 aromatic heterocycles.